The van der Waals surface area contributed by atoms with Crippen LogP contribution in [0.4, 0.5) is 5.82 Å². The number of nitrogens with two attached hydrogens (primary N) is 1. The third-order valence-electron chi connectivity index (χ3n) is 1.82. The Hall–Kier alpha value is -0.710. The lowest BCUT2D eigenvalue weighted by molar-refractivity contribution is 1.10. The van der Waals surface area contributed by atoms with E-state index in [0.29, 0.717) is 10.8 Å². The van der Waals surface area contributed by atoms with Crippen molar-refractivity contribution in [2.45, 2.75) is 0 Å². The van der Waals surface area contributed by atoms with Crippen LogP contribution in [0.5, 0.6) is 0 Å². The summed E-state index contributed by atoms with van der Waals surface area (Å²) in [6.07, 6.45) is 0. The number of benzene rings is 1. The molecular weight excluding hydrogens is 301 g/mol. The minimum atomic E-state index is 0. The second-order valence-corrected chi connectivity index (χ2v) is 4.12. The largest absolute Gasteiger partial charge is 0.382 e. The molecule has 0 unspecified atom stereocenters. The second-order valence-electron chi connectivity index (χ2n) is 2.83. The van der Waals surface area contributed by atoms with E-state index in [1.807, 2.05) is 18.2 Å². The van der Waals surface area contributed by atoms with Gasteiger partial charge in [-0.2, -0.15) is 5.10 Å². The maximum atomic E-state index is 5.83. The van der Waals surface area contributed by atoms with Crippen LogP contribution in [-0.4, -0.2) is 10.2 Å². The molecular formula is C9H8BrCl2N3. The molecule has 80 valence electrons. The van der Waals surface area contributed by atoms with Crippen LogP contribution in [0.15, 0.2) is 28.7 Å². The lowest BCUT2D eigenvalue weighted by atomic mass is 10.1. The molecule has 2 rings (SSSR count). The predicted octanol–water partition coefficient (Wildman–Crippen LogP) is 3.50. The Bertz CT molecular complexity index is 470. The first-order chi connectivity index (χ1) is 6.66. The molecule has 0 aliphatic rings. The number of nitrogens with zero attached hydrogens (tertiary/aromatic N) is 1. The minimum absolute atomic E-state index is 0. The SMILES string of the molecule is Cl.Nc1cc(-c2ccc(Cl)cc2Br)[nH]n1. The first-order valence-electron chi connectivity index (χ1n) is 3.93. The molecule has 1 aromatic heterocycles. The van der Waals surface area contributed by atoms with E-state index >= 15 is 0 Å². The molecule has 15 heavy (non-hydrogen) atoms. The number of nitrogens with one attached hydrogen (secondary N) is 1. The van der Waals surface area contributed by atoms with Crippen LogP contribution in [0, 0.1) is 0 Å². The monoisotopic (exact) mass is 307 g/mol. The van der Waals surface area contributed by atoms with Crippen LogP contribution < -0.4 is 5.73 Å². The summed E-state index contributed by atoms with van der Waals surface area (Å²) < 4.78 is 0.911. The molecule has 0 aliphatic carbocycles. The molecule has 3 nitrogen and oxygen atoms in total. The molecule has 1 heterocycles. The van der Waals surface area contributed by atoms with Gasteiger partial charge < -0.3 is 5.73 Å². The van der Waals surface area contributed by atoms with E-state index in [2.05, 4.69) is 26.1 Å². The van der Waals surface area contributed by atoms with E-state index < -0.39 is 0 Å². The molecule has 0 saturated carbocycles. The highest BCUT2D eigenvalue weighted by molar-refractivity contribution is 9.10. The minimum Gasteiger partial charge on any atom is -0.382 e. The van der Waals surface area contributed by atoms with E-state index in [0.717, 1.165) is 15.7 Å². The third-order valence-corrected chi connectivity index (χ3v) is 2.71. The van der Waals surface area contributed by atoms with Crippen molar-refractivity contribution in [3.63, 3.8) is 0 Å². The lowest BCUT2D eigenvalue weighted by Crippen LogP contribution is -1.81. The van der Waals surface area contributed by atoms with Crippen LogP contribution in [0.3, 0.4) is 0 Å². The molecule has 6 heteroatoms. The van der Waals surface area contributed by atoms with Gasteiger partial charge >= 0.3 is 0 Å². The average Bonchev–Trinajstić information content (AvgIpc) is 2.51. The van der Waals surface area contributed by atoms with Gasteiger partial charge in [0.05, 0.1) is 5.69 Å². The van der Waals surface area contributed by atoms with Crippen molar-refractivity contribution in [1.82, 2.24) is 10.2 Å². The first-order valence-corrected chi connectivity index (χ1v) is 5.10. The van der Waals surface area contributed by atoms with Gasteiger partial charge in [0.25, 0.3) is 0 Å². The summed E-state index contributed by atoms with van der Waals surface area (Å²) in [5.74, 6) is 0.474. The van der Waals surface area contributed by atoms with E-state index in [1.54, 1.807) is 6.07 Å². The Morgan fingerprint density at radius 2 is 2.07 bits per heavy atom. The van der Waals surface area contributed by atoms with E-state index in [4.69, 9.17) is 17.3 Å². The van der Waals surface area contributed by atoms with Gasteiger partial charge in [0.15, 0.2) is 0 Å². The molecule has 2 aromatic rings. The highest BCUT2D eigenvalue weighted by Crippen LogP contribution is 2.29. The highest BCUT2D eigenvalue weighted by atomic mass is 79.9. The molecule has 0 atom stereocenters. The van der Waals surface area contributed by atoms with Crippen LogP contribution in [0.1, 0.15) is 0 Å². The summed E-state index contributed by atoms with van der Waals surface area (Å²) in [5, 5.41) is 7.38. The number of hydrogen-bond donors (Lipinski definition) is 2. The molecule has 3 N–H and O–H groups in total. The van der Waals surface area contributed by atoms with Crippen molar-refractivity contribution >= 4 is 45.8 Å². The lowest BCUT2D eigenvalue weighted by Gasteiger charge is -2.00. The fourth-order valence-corrected chi connectivity index (χ4v) is 2.08. The molecule has 0 spiro atoms. The van der Waals surface area contributed by atoms with Crippen LogP contribution in [0.2, 0.25) is 5.02 Å². The second kappa shape index (κ2) is 4.88. The zero-order chi connectivity index (χ0) is 10.1. The fraction of sp³-hybridized carbons (Fsp3) is 0. The molecule has 0 saturated heterocycles. The smallest absolute Gasteiger partial charge is 0.145 e. The Labute approximate surface area is 107 Å². The number of nitrogen functional groups attached to an aromatic ring is 1. The summed E-state index contributed by atoms with van der Waals surface area (Å²) in [7, 11) is 0. The van der Waals surface area contributed by atoms with Crippen molar-refractivity contribution in [2.75, 3.05) is 5.73 Å². The van der Waals surface area contributed by atoms with E-state index in [1.165, 1.54) is 0 Å². The topological polar surface area (TPSA) is 54.7 Å². The van der Waals surface area contributed by atoms with Gasteiger partial charge in [0.1, 0.15) is 5.82 Å². The highest BCUT2D eigenvalue weighted by Gasteiger charge is 2.05. The Kier molecular flexibility index (Phi) is 4.02. The third kappa shape index (κ3) is 2.65. The summed E-state index contributed by atoms with van der Waals surface area (Å²) >= 11 is 9.25. The number of halogens is 3. The predicted molar refractivity (Wildman–Crippen MR) is 68.4 cm³/mol. The van der Waals surface area contributed by atoms with Crippen molar-refractivity contribution in [1.29, 1.82) is 0 Å². The Morgan fingerprint density at radius 1 is 1.33 bits per heavy atom. The summed E-state index contributed by atoms with van der Waals surface area (Å²) in [4.78, 5) is 0. The molecule has 0 aliphatic heterocycles. The maximum absolute atomic E-state index is 5.83. The number of aromatic nitrogens is 2. The van der Waals surface area contributed by atoms with Gasteiger partial charge in [0, 0.05) is 21.1 Å². The van der Waals surface area contributed by atoms with Gasteiger partial charge in [-0.15, -0.1) is 12.4 Å². The van der Waals surface area contributed by atoms with Crippen LogP contribution in [-0.2, 0) is 0 Å². The number of hydrogen-bond acceptors (Lipinski definition) is 2. The number of rotatable bonds is 1. The van der Waals surface area contributed by atoms with Crippen LogP contribution >= 0.6 is 39.9 Å². The summed E-state index contributed by atoms with van der Waals surface area (Å²) in [6, 6.07) is 7.32. The van der Waals surface area contributed by atoms with Crippen molar-refractivity contribution < 1.29 is 0 Å². The molecule has 1 aromatic carbocycles. The van der Waals surface area contributed by atoms with Crippen molar-refractivity contribution in [3.8, 4) is 11.3 Å². The Morgan fingerprint density at radius 3 is 2.60 bits per heavy atom. The van der Waals surface area contributed by atoms with Gasteiger partial charge in [-0.1, -0.05) is 33.6 Å². The van der Waals surface area contributed by atoms with Gasteiger partial charge in [-0.3, -0.25) is 5.10 Å². The summed E-state index contributed by atoms with van der Waals surface area (Å²) in [5.41, 5.74) is 7.36. The van der Waals surface area contributed by atoms with E-state index in [9.17, 15) is 0 Å². The first kappa shape index (κ1) is 12.4. The average molecular weight is 309 g/mol. The van der Waals surface area contributed by atoms with E-state index in [-0.39, 0.29) is 12.4 Å². The number of aromatic amines is 1. The standard InChI is InChI=1S/C9H7BrClN3.ClH/c10-7-3-5(11)1-2-6(7)8-4-9(12)14-13-8;/h1-4H,(H3,12,13,14);1H. The fourth-order valence-electron chi connectivity index (χ4n) is 1.18. The van der Waals surface area contributed by atoms with Gasteiger partial charge in [0.2, 0.25) is 0 Å². The van der Waals surface area contributed by atoms with Crippen molar-refractivity contribution in [3.05, 3.63) is 33.8 Å². The number of H-pyrrole nitrogens is 1. The quantitative estimate of drug-likeness (QED) is 0.847. The molecule has 0 amide bonds. The number of anilines is 1. The normalized spacial score (nSPS) is 9.73. The maximum Gasteiger partial charge on any atom is 0.145 e. The van der Waals surface area contributed by atoms with Gasteiger partial charge in [-0.25, -0.2) is 0 Å². The van der Waals surface area contributed by atoms with Gasteiger partial charge in [-0.05, 0) is 12.1 Å². The summed E-state index contributed by atoms with van der Waals surface area (Å²) in [6.45, 7) is 0. The Balaban J connectivity index is 0.00000112. The zero-order valence-electron chi connectivity index (χ0n) is 7.50. The van der Waals surface area contributed by atoms with Crippen LogP contribution in [0.25, 0.3) is 11.3 Å². The molecule has 0 radical (unpaired) electrons. The molecule has 0 bridgehead atoms. The zero-order valence-corrected chi connectivity index (χ0v) is 10.7. The molecule has 0 fully saturated rings. The van der Waals surface area contributed by atoms with Crippen molar-refractivity contribution in [2.24, 2.45) is 0 Å².